The predicted octanol–water partition coefficient (Wildman–Crippen LogP) is 4.71. The van der Waals surface area contributed by atoms with Crippen molar-refractivity contribution in [1.82, 2.24) is 0 Å². The number of fused-ring (bicyclic) bond motifs is 5. The summed E-state index contributed by atoms with van der Waals surface area (Å²) < 4.78 is 28.5. The number of ketones is 2. The van der Waals surface area contributed by atoms with Crippen molar-refractivity contribution < 1.29 is 38.1 Å². The number of carbonyl (C=O) groups excluding carboxylic acids is 4. The Hall–Kier alpha value is -1.65. The maximum Gasteiger partial charge on any atom is 0.367 e. The number of allylic oxidation sites excluding steroid dienone is 4. The molecule has 3 saturated carbocycles. The summed E-state index contributed by atoms with van der Waals surface area (Å²) in [6.45, 7) is 7.25. The van der Waals surface area contributed by atoms with Gasteiger partial charge in [-0.05, 0) is 75.6 Å². The molecule has 0 amide bonds. The van der Waals surface area contributed by atoms with Gasteiger partial charge in [-0.25, -0.2) is 9.18 Å². The first kappa shape index (κ1) is 29.3. The minimum absolute atomic E-state index is 0.0393. The van der Waals surface area contributed by atoms with Crippen molar-refractivity contribution >= 4 is 46.4 Å². The second-order valence-electron chi connectivity index (χ2n) is 11.4. The first-order valence-electron chi connectivity index (χ1n) is 13.2. The van der Waals surface area contributed by atoms with Crippen LogP contribution < -0.4 is 0 Å². The first-order valence-corrected chi connectivity index (χ1v) is 15.5. The number of rotatable bonds is 7. The van der Waals surface area contributed by atoms with Crippen LogP contribution in [0.15, 0.2) is 23.8 Å². The fourth-order valence-electron chi connectivity index (χ4n) is 8.12. The van der Waals surface area contributed by atoms with Gasteiger partial charge >= 0.3 is 11.3 Å². The Balaban J connectivity index is 1.77. The van der Waals surface area contributed by atoms with E-state index in [0.29, 0.717) is 24.8 Å². The summed E-state index contributed by atoms with van der Waals surface area (Å²) in [6.07, 6.45) is 5.99. The number of carbonyl (C=O) groups is 4. The van der Waals surface area contributed by atoms with Crippen LogP contribution in [0.4, 0.5) is 9.18 Å². The second-order valence-corrected chi connectivity index (χ2v) is 13.2. The SMILES string of the molecule is CCOC(=O)SCC(=O)[C@@]1(OC(=O)CSC)[C@@H](C)C[C@H]2[C@@H]3CCC4=CC(=O)C=C[C@]4(C)[C@@]3(F)[C@@H](O)C[C@@]21C. The lowest BCUT2D eigenvalue weighted by Gasteiger charge is -2.62. The van der Waals surface area contributed by atoms with Crippen LogP contribution in [0.3, 0.4) is 0 Å². The Morgan fingerprint density at radius 2 is 1.92 bits per heavy atom. The summed E-state index contributed by atoms with van der Waals surface area (Å²) in [5, 5.41) is 11.0. The molecule has 0 heterocycles. The predicted molar refractivity (Wildman–Crippen MR) is 145 cm³/mol. The number of halogens is 1. The van der Waals surface area contributed by atoms with E-state index in [9.17, 15) is 24.3 Å². The summed E-state index contributed by atoms with van der Waals surface area (Å²) in [5.41, 5.74) is -5.21. The molecule has 210 valence electrons. The molecule has 0 unspecified atom stereocenters. The van der Waals surface area contributed by atoms with Gasteiger partial charge in [0.25, 0.3) is 0 Å². The minimum Gasteiger partial charge on any atom is -0.458 e. The van der Waals surface area contributed by atoms with Crippen molar-refractivity contribution in [3.05, 3.63) is 23.8 Å². The zero-order chi connectivity index (χ0) is 28.1. The molecule has 0 radical (unpaired) electrons. The summed E-state index contributed by atoms with van der Waals surface area (Å²) >= 11 is 1.99. The molecule has 7 nitrogen and oxygen atoms in total. The highest BCUT2D eigenvalue weighted by atomic mass is 32.2. The molecular weight excluding hydrogens is 531 g/mol. The maximum absolute atomic E-state index is 17.5. The molecule has 0 bridgehead atoms. The summed E-state index contributed by atoms with van der Waals surface area (Å²) in [4.78, 5) is 51.1. The maximum atomic E-state index is 17.5. The number of ether oxygens (including phenoxy) is 2. The van der Waals surface area contributed by atoms with Gasteiger partial charge in [0.15, 0.2) is 22.8 Å². The van der Waals surface area contributed by atoms with Gasteiger partial charge < -0.3 is 14.6 Å². The van der Waals surface area contributed by atoms with Crippen molar-refractivity contribution in [2.45, 2.75) is 70.8 Å². The van der Waals surface area contributed by atoms with Crippen LogP contribution in [0.2, 0.25) is 0 Å². The van der Waals surface area contributed by atoms with Crippen LogP contribution in [-0.2, 0) is 23.9 Å². The molecule has 0 aromatic heterocycles. The fraction of sp³-hybridized carbons (Fsp3) is 0.714. The van der Waals surface area contributed by atoms with Crippen LogP contribution in [0.25, 0.3) is 0 Å². The lowest BCUT2D eigenvalue weighted by molar-refractivity contribution is -0.226. The van der Waals surface area contributed by atoms with E-state index >= 15 is 4.39 Å². The number of thioether (sulfide) groups is 2. The van der Waals surface area contributed by atoms with Gasteiger partial charge in [0, 0.05) is 22.7 Å². The summed E-state index contributed by atoms with van der Waals surface area (Å²) in [5.74, 6) is -2.82. The Kier molecular flexibility index (Phi) is 8.02. The van der Waals surface area contributed by atoms with Crippen LogP contribution in [0.5, 0.6) is 0 Å². The standard InChI is InChI=1S/C28H37FO7S2/c1-6-35-24(34)38-14-22(32)28(36-23(33)15-37-5)16(2)11-20-19-8-7-17-12-18(30)9-10-25(17,3)27(19,29)21(31)13-26(20,28)4/h9-10,12,16,19-21,31H,6-8,11,13-15H2,1-5H3/t16-,19-,20-,21-,25-,26-,27-,28-/m0/s1. The normalized spacial score (nSPS) is 41.4. The number of esters is 1. The summed E-state index contributed by atoms with van der Waals surface area (Å²) in [6, 6.07) is 0. The largest absolute Gasteiger partial charge is 0.458 e. The smallest absolute Gasteiger partial charge is 0.367 e. The average molecular weight is 569 g/mol. The van der Waals surface area contributed by atoms with E-state index in [1.165, 1.54) is 23.9 Å². The molecule has 4 rings (SSSR count). The van der Waals surface area contributed by atoms with Crippen molar-refractivity contribution in [1.29, 1.82) is 0 Å². The van der Waals surface area contributed by atoms with Crippen LogP contribution in [0.1, 0.15) is 53.4 Å². The zero-order valence-electron chi connectivity index (χ0n) is 22.6. The third-order valence-electron chi connectivity index (χ3n) is 9.72. The Morgan fingerprint density at radius 3 is 2.58 bits per heavy atom. The highest BCUT2D eigenvalue weighted by molar-refractivity contribution is 8.13. The minimum atomic E-state index is -2.06. The summed E-state index contributed by atoms with van der Waals surface area (Å²) in [7, 11) is 0. The van der Waals surface area contributed by atoms with Crippen molar-refractivity contribution in [3.63, 3.8) is 0 Å². The van der Waals surface area contributed by atoms with Gasteiger partial charge in [0.1, 0.15) is 0 Å². The van der Waals surface area contributed by atoms with Crippen molar-refractivity contribution in [2.75, 3.05) is 24.4 Å². The molecule has 0 saturated heterocycles. The molecule has 0 aromatic rings. The third kappa shape index (κ3) is 4.12. The molecular formula is C28H37FO7S2. The molecule has 4 aliphatic rings. The van der Waals surface area contributed by atoms with Gasteiger partial charge in [-0.15, -0.1) is 0 Å². The van der Waals surface area contributed by atoms with Crippen LogP contribution >= 0.6 is 23.5 Å². The Morgan fingerprint density at radius 1 is 1.21 bits per heavy atom. The van der Waals surface area contributed by atoms with E-state index in [4.69, 9.17) is 9.47 Å². The molecule has 4 aliphatic carbocycles. The number of hydrogen-bond acceptors (Lipinski definition) is 9. The van der Waals surface area contributed by atoms with E-state index in [1.54, 1.807) is 26.2 Å². The van der Waals surface area contributed by atoms with Gasteiger partial charge in [-0.1, -0.05) is 25.5 Å². The third-order valence-corrected chi connectivity index (χ3v) is 11.0. The molecule has 38 heavy (non-hydrogen) atoms. The molecule has 10 heteroatoms. The number of alkyl halides is 1. The lowest BCUT2D eigenvalue weighted by atomic mass is 9.44. The van der Waals surface area contributed by atoms with E-state index in [-0.39, 0.29) is 36.2 Å². The highest BCUT2D eigenvalue weighted by Gasteiger charge is 2.77. The van der Waals surface area contributed by atoms with Gasteiger partial charge in [-0.3, -0.25) is 14.4 Å². The van der Waals surface area contributed by atoms with E-state index < -0.39 is 57.1 Å². The quantitative estimate of drug-likeness (QED) is 0.437. The van der Waals surface area contributed by atoms with Crippen molar-refractivity contribution in [2.24, 2.45) is 28.6 Å². The van der Waals surface area contributed by atoms with E-state index in [1.807, 2.05) is 13.8 Å². The molecule has 3 fully saturated rings. The number of hydrogen-bond donors (Lipinski definition) is 1. The lowest BCUT2D eigenvalue weighted by Crippen LogP contribution is -2.70. The number of Topliss-reactive ketones (excluding diaryl/α,β-unsaturated/α-hetero) is 1. The van der Waals surface area contributed by atoms with Crippen LogP contribution in [0, 0.1) is 28.6 Å². The molecule has 8 atom stereocenters. The number of aliphatic hydroxyl groups excluding tert-OH is 1. The average Bonchev–Trinajstić information content (AvgIpc) is 3.06. The van der Waals surface area contributed by atoms with E-state index in [0.717, 1.165) is 11.8 Å². The molecule has 0 aromatic carbocycles. The number of aliphatic hydroxyl groups is 1. The molecule has 0 aliphatic heterocycles. The van der Waals surface area contributed by atoms with Crippen molar-refractivity contribution in [3.8, 4) is 0 Å². The van der Waals surface area contributed by atoms with Crippen LogP contribution in [-0.4, -0.2) is 69.7 Å². The Labute approximate surface area is 231 Å². The fourth-order valence-corrected chi connectivity index (χ4v) is 9.08. The monoisotopic (exact) mass is 568 g/mol. The van der Waals surface area contributed by atoms with Gasteiger partial charge in [0.2, 0.25) is 0 Å². The van der Waals surface area contributed by atoms with Gasteiger partial charge in [-0.2, -0.15) is 11.8 Å². The zero-order valence-corrected chi connectivity index (χ0v) is 24.2. The van der Waals surface area contributed by atoms with E-state index in [2.05, 4.69) is 0 Å². The Bertz CT molecular complexity index is 1090. The van der Waals surface area contributed by atoms with Gasteiger partial charge in [0.05, 0.1) is 24.2 Å². The highest BCUT2D eigenvalue weighted by Crippen LogP contribution is 2.71. The first-order chi connectivity index (χ1) is 17.8. The second kappa shape index (κ2) is 10.4. The molecule has 1 N–H and O–H groups in total. The molecule has 0 spiro atoms. The topological polar surface area (TPSA) is 107 Å².